The van der Waals surface area contributed by atoms with Crippen LogP contribution in [0.3, 0.4) is 0 Å². The Morgan fingerprint density at radius 1 is 1.17 bits per heavy atom. The van der Waals surface area contributed by atoms with Gasteiger partial charge in [0.05, 0.1) is 5.60 Å². The van der Waals surface area contributed by atoms with Crippen LogP contribution in [-0.4, -0.2) is 33.3 Å². The lowest BCUT2D eigenvalue weighted by Gasteiger charge is -2.44. The van der Waals surface area contributed by atoms with Crippen LogP contribution in [0.25, 0.3) is 0 Å². The molecule has 0 amide bonds. The zero-order valence-electron chi connectivity index (χ0n) is 16.6. The van der Waals surface area contributed by atoms with E-state index in [1.165, 1.54) is 6.42 Å². The van der Waals surface area contributed by atoms with Gasteiger partial charge in [-0.3, -0.25) is 9.36 Å². The van der Waals surface area contributed by atoms with Crippen molar-refractivity contribution in [3.63, 3.8) is 0 Å². The first-order valence-corrected chi connectivity index (χ1v) is 11.1. The fourth-order valence-electron chi connectivity index (χ4n) is 4.18. The van der Waals surface area contributed by atoms with E-state index in [0.29, 0.717) is 13.0 Å². The summed E-state index contributed by atoms with van der Waals surface area (Å²) in [6.07, 6.45) is 5.86. The minimum absolute atomic E-state index is 0.0451. The van der Waals surface area contributed by atoms with Crippen LogP contribution < -0.4 is 0 Å². The molecule has 1 heterocycles. The summed E-state index contributed by atoms with van der Waals surface area (Å²) in [4.78, 5) is 13.4. The number of rotatable bonds is 4. The molecule has 0 bridgehead atoms. The van der Waals surface area contributed by atoms with Crippen molar-refractivity contribution in [1.29, 1.82) is 0 Å². The largest absolute Gasteiger partial charge is 0.309 e. The smallest absolute Gasteiger partial charge is 0.286 e. The predicted molar refractivity (Wildman–Crippen MR) is 99.5 cm³/mol. The van der Waals surface area contributed by atoms with Gasteiger partial charge in [0.1, 0.15) is 5.16 Å². The number of carbonyl (C=O) groups is 1. The fourth-order valence-corrected chi connectivity index (χ4v) is 7.92. The maximum atomic E-state index is 14.2. The Morgan fingerprint density at radius 2 is 1.71 bits per heavy atom. The van der Waals surface area contributed by atoms with Crippen LogP contribution >= 0.6 is 7.52 Å². The molecule has 2 aliphatic rings. The molecular formula is C19H36NO3P. The fraction of sp³-hybridized carbons (Fsp3) is 0.947. The quantitative estimate of drug-likeness (QED) is 0.631. The summed E-state index contributed by atoms with van der Waals surface area (Å²) >= 11 is 0. The highest BCUT2D eigenvalue weighted by Gasteiger charge is 2.63. The Labute approximate surface area is 148 Å². The Kier molecular flexibility index (Phi) is 5.47. The third-order valence-corrected chi connectivity index (χ3v) is 9.72. The maximum Gasteiger partial charge on any atom is 0.286 e. The summed E-state index contributed by atoms with van der Waals surface area (Å²) in [7, 11) is -3.28. The summed E-state index contributed by atoms with van der Waals surface area (Å²) in [6.45, 7) is 14.6. The number of hydrogen-bond acceptors (Lipinski definition) is 3. The van der Waals surface area contributed by atoms with E-state index in [1.54, 1.807) is 0 Å². The van der Waals surface area contributed by atoms with Gasteiger partial charge in [-0.15, -0.1) is 0 Å². The van der Waals surface area contributed by atoms with Gasteiger partial charge >= 0.3 is 0 Å². The molecule has 4 nitrogen and oxygen atoms in total. The van der Waals surface area contributed by atoms with Crippen LogP contribution in [0.15, 0.2) is 0 Å². The second-order valence-corrected chi connectivity index (χ2v) is 12.1. The van der Waals surface area contributed by atoms with Crippen molar-refractivity contribution in [3.05, 3.63) is 0 Å². The summed E-state index contributed by atoms with van der Waals surface area (Å²) < 4.78 is 22.4. The van der Waals surface area contributed by atoms with Gasteiger partial charge in [-0.05, 0) is 60.8 Å². The topological polar surface area (TPSA) is 46.6 Å². The zero-order valence-corrected chi connectivity index (χ0v) is 17.5. The Balaban J connectivity index is 2.45. The lowest BCUT2D eigenvalue weighted by atomic mass is 9.81. The summed E-state index contributed by atoms with van der Waals surface area (Å²) in [5.41, 5.74) is -0.793. The maximum absolute atomic E-state index is 14.2. The lowest BCUT2D eigenvalue weighted by Crippen LogP contribution is -2.47. The summed E-state index contributed by atoms with van der Waals surface area (Å²) in [6, 6.07) is 0. The van der Waals surface area contributed by atoms with Gasteiger partial charge in [-0.25, -0.2) is 4.67 Å². The van der Waals surface area contributed by atoms with E-state index < -0.39 is 18.3 Å². The predicted octanol–water partition coefficient (Wildman–Crippen LogP) is 5.41. The lowest BCUT2D eigenvalue weighted by molar-refractivity contribution is -0.126. The molecule has 2 rings (SSSR count). The molecule has 1 aliphatic carbocycles. The van der Waals surface area contributed by atoms with E-state index in [0.717, 1.165) is 25.7 Å². The number of hydrogen-bond donors (Lipinski definition) is 0. The van der Waals surface area contributed by atoms with Crippen LogP contribution in [0.2, 0.25) is 0 Å². The van der Waals surface area contributed by atoms with Crippen LogP contribution in [0.5, 0.6) is 0 Å². The second kappa shape index (κ2) is 6.52. The van der Waals surface area contributed by atoms with Crippen molar-refractivity contribution >= 4 is 13.3 Å². The van der Waals surface area contributed by atoms with Crippen molar-refractivity contribution in [3.8, 4) is 0 Å². The molecule has 0 aromatic rings. The van der Waals surface area contributed by atoms with E-state index in [4.69, 9.17) is 4.52 Å². The van der Waals surface area contributed by atoms with Crippen molar-refractivity contribution in [2.75, 3.05) is 6.54 Å². The Hall–Kier alpha value is -0.180. The second-order valence-electron chi connectivity index (χ2n) is 9.43. The minimum Gasteiger partial charge on any atom is -0.309 e. The van der Waals surface area contributed by atoms with E-state index in [9.17, 15) is 9.36 Å². The molecule has 2 fully saturated rings. The number of ketones is 1. The van der Waals surface area contributed by atoms with Crippen molar-refractivity contribution in [2.45, 2.75) is 103 Å². The SMILES string of the molecule is CC[C@@](C)(C(=O)C1CCCCC1)[P@@]1(=O)OC(C)(C)CN1C(C)(C)C. The van der Waals surface area contributed by atoms with E-state index in [2.05, 4.69) is 20.8 Å². The summed E-state index contributed by atoms with van der Waals surface area (Å²) in [5.74, 6) is 0.212. The Morgan fingerprint density at radius 3 is 2.17 bits per heavy atom. The standard InChI is InChI=1S/C19H36NO3P/c1-8-19(7,16(21)15-12-10-9-11-13-15)24(22)20(17(2,3)4)14-18(5,6)23-24/h15H,8-14H2,1-7H3/t19-,24+/m0/s1. The highest BCUT2D eigenvalue weighted by Crippen LogP contribution is 2.71. The first kappa shape index (κ1) is 20.1. The average Bonchev–Trinajstić information content (AvgIpc) is 2.77. The molecule has 0 N–H and O–H groups in total. The zero-order chi connectivity index (χ0) is 18.4. The van der Waals surface area contributed by atoms with Crippen LogP contribution in [0, 0.1) is 5.92 Å². The molecule has 0 unspecified atom stereocenters. The van der Waals surface area contributed by atoms with Gasteiger partial charge in [0.2, 0.25) is 0 Å². The molecule has 0 spiro atoms. The third kappa shape index (κ3) is 3.39. The molecule has 1 aliphatic heterocycles. The average molecular weight is 357 g/mol. The third-order valence-electron chi connectivity index (χ3n) is 5.81. The summed E-state index contributed by atoms with van der Waals surface area (Å²) in [5, 5.41) is -0.921. The van der Waals surface area contributed by atoms with Gasteiger partial charge in [0.25, 0.3) is 7.52 Å². The van der Waals surface area contributed by atoms with Crippen molar-refractivity contribution in [1.82, 2.24) is 4.67 Å². The van der Waals surface area contributed by atoms with E-state index in [-0.39, 0.29) is 17.2 Å². The molecule has 1 saturated carbocycles. The normalized spacial score (nSPS) is 31.8. The molecule has 5 heteroatoms. The van der Waals surface area contributed by atoms with Crippen LogP contribution in [0.1, 0.15) is 87.0 Å². The highest BCUT2D eigenvalue weighted by molar-refractivity contribution is 7.59. The van der Waals surface area contributed by atoms with Crippen LogP contribution in [-0.2, 0) is 13.9 Å². The molecule has 140 valence electrons. The molecular weight excluding hydrogens is 321 g/mol. The van der Waals surface area contributed by atoms with Gasteiger partial charge in [-0.1, -0.05) is 26.2 Å². The minimum atomic E-state index is -3.28. The molecule has 24 heavy (non-hydrogen) atoms. The van der Waals surface area contributed by atoms with E-state index in [1.807, 2.05) is 32.4 Å². The van der Waals surface area contributed by atoms with Gasteiger partial charge in [0, 0.05) is 18.0 Å². The molecule has 2 atom stereocenters. The van der Waals surface area contributed by atoms with E-state index >= 15 is 0 Å². The molecule has 0 aromatic carbocycles. The Bertz CT molecular complexity index is 531. The number of carbonyl (C=O) groups excluding carboxylic acids is 1. The molecule has 0 radical (unpaired) electrons. The molecule has 1 saturated heterocycles. The van der Waals surface area contributed by atoms with Crippen LogP contribution in [0.4, 0.5) is 0 Å². The number of Topliss-reactive ketones (excluding diaryl/α,β-unsaturated/α-hetero) is 1. The van der Waals surface area contributed by atoms with Gasteiger partial charge < -0.3 is 4.52 Å². The van der Waals surface area contributed by atoms with Gasteiger partial charge in [-0.2, -0.15) is 0 Å². The van der Waals surface area contributed by atoms with Crippen molar-refractivity contribution < 1.29 is 13.9 Å². The first-order valence-electron chi connectivity index (χ1n) is 9.51. The monoisotopic (exact) mass is 357 g/mol. The number of nitrogens with zero attached hydrogens (tertiary/aromatic N) is 1. The van der Waals surface area contributed by atoms with Crippen molar-refractivity contribution in [2.24, 2.45) is 5.92 Å². The van der Waals surface area contributed by atoms with Gasteiger partial charge in [0.15, 0.2) is 5.78 Å². The molecule has 0 aromatic heterocycles. The highest BCUT2D eigenvalue weighted by atomic mass is 31.2. The first-order chi connectivity index (χ1) is 10.9.